The molecule has 0 fully saturated rings. The van der Waals surface area contributed by atoms with Crippen molar-refractivity contribution >= 4 is 0 Å². The van der Waals surface area contributed by atoms with Gasteiger partial charge in [-0.3, -0.25) is 0 Å². The van der Waals surface area contributed by atoms with Crippen LogP contribution in [-0.4, -0.2) is 0 Å². The second-order valence-corrected chi connectivity index (χ2v) is 7.66. The molecule has 0 N–H and O–H groups in total. The van der Waals surface area contributed by atoms with E-state index in [9.17, 15) is 0 Å². The van der Waals surface area contributed by atoms with Crippen LogP contribution in [0, 0.1) is 5.92 Å². The zero-order valence-corrected chi connectivity index (χ0v) is 15.2. The molecule has 0 amide bonds. The highest BCUT2D eigenvalue weighted by Gasteiger charge is 2.32. The maximum atomic E-state index is 6.54. The quantitative estimate of drug-likeness (QED) is 0.604. The Morgan fingerprint density at radius 3 is 1.48 bits per heavy atom. The first-order valence-electron chi connectivity index (χ1n) is 8.85. The fourth-order valence-electron chi connectivity index (χ4n) is 3.77. The third-order valence-corrected chi connectivity index (χ3v) is 4.94. The monoisotopic (exact) mass is 308 g/mol. The summed E-state index contributed by atoms with van der Waals surface area (Å²) in [6.07, 6.45) is 0. The van der Waals surface area contributed by atoms with Crippen LogP contribution in [0.1, 0.15) is 81.5 Å². The van der Waals surface area contributed by atoms with E-state index in [2.05, 4.69) is 77.9 Å². The summed E-state index contributed by atoms with van der Waals surface area (Å²) in [6.45, 7) is 13.6. The van der Waals surface area contributed by atoms with Gasteiger partial charge in [0.15, 0.2) is 0 Å². The minimum Gasteiger partial charge on any atom is -0.456 e. The van der Waals surface area contributed by atoms with Gasteiger partial charge < -0.3 is 4.74 Å². The average molecular weight is 308 g/mol. The Balaban J connectivity index is 2.27. The zero-order valence-electron chi connectivity index (χ0n) is 15.2. The Hall–Kier alpha value is -1.76. The molecule has 0 bridgehead atoms. The lowest BCUT2D eigenvalue weighted by Gasteiger charge is -2.34. The Morgan fingerprint density at radius 2 is 1.13 bits per heavy atom. The van der Waals surface area contributed by atoms with E-state index < -0.39 is 0 Å². The molecule has 122 valence electrons. The molecule has 1 aliphatic heterocycles. The SMILES string of the molecule is CC(C)c1cccc2c1Oc1c(C(C)C)cccc1C2C(C)C. The van der Waals surface area contributed by atoms with Crippen LogP contribution in [-0.2, 0) is 0 Å². The summed E-state index contributed by atoms with van der Waals surface area (Å²) in [5.74, 6) is 4.08. The summed E-state index contributed by atoms with van der Waals surface area (Å²) in [5.41, 5.74) is 5.33. The number of fused-ring (bicyclic) bond motifs is 2. The molecule has 0 saturated carbocycles. The van der Waals surface area contributed by atoms with Crippen molar-refractivity contribution in [2.45, 2.75) is 59.3 Å². The van der Waals surface area contributed by atoms with Gasteiger partial charge >= 0.3 is 0 Å². The number of hydrogen-bond donors (Lipinski definition) is 0. The molecule has 1 heteroatoms. The van der Waals surface area contributed by atoms with Gasteiger partial charge in [-0.15, -0.1) is 0 Å². The highest BCUT2D eigenvalue weighted by Crippen LogP contribution is 2.51. The largest absolute Gasteiger partial charge is 0.456 e. The first-order valence-corrected chi connectivity index (χ1v) is 8.85. The van der Waals surface area contributed by atoms with E-state index in [4.69, 9.17) is 4.74 Å². The number of benzene rings is 2. The second-order valence-electron chi connectivity index (χ2n) is 7.66. The molecule has 0 saturated heterocycles. The van der Waals surface area contributed by atoms with Crippen molar-refractivity contribution < 1.29 is 4.74 Å². The molecule has 2 aromatic rings. The maximum Gasteiger partial charge on any atom is 0.134 e. The van der Waals surface area contributed by atoms with Crippen molar-refractivity contribution in [1.29, 1.82) is 0 Å². The van der Waals surface area contributed by atoms with Crippen LogP contribution in [0.5, 0.6) is 11.5 Å². The molecular weight excluding hydrogens is 280 g/mol. The first-order chi connectivity index (χ1) is 10.9. The lowest BCUT2D eigenvalue weighted by Crippen LogP contribution is -2.17. The summed E-state index contributed by atoms with van der Waals surface area (Å²) < 4.78 is 6.54. The van der Waals surface area contributed by atoms with E-state index >= 15 is 0 Å². The number of rotatable bonds is 3. The smallest absolute Gasteiger partial charge is 0.134 e. The van der Waals surface area contributed by atoms with Gasteiger partial charge in [-0.25, -0.2) is 0 Å². The van der Waals surface area contributed by atoms with Gasteiger partial charge in [0, 0.05) is 17.0 Å². The van der Waals surface area contributed by atoms with Gasteiger partial charge in [0.2, 0.25) is 0 Å². The van der Waals surface area contributed by atoms with Crippen molar-refractivity contribution in [3.05, 3.63) is 58.7 Å². The van der Waals surface area contributed by atoms with Gasteiger partial charge in [-0.05, 0) is 28.9 Å². The van der Waals surface area contributed by atoms with Gasteiger partial charge in [-0.1, -0.05) is 77.9 Å². The van der Waals surface area contributed by atoms with E-state index in [0.717, 1.165) is 11.5 Å². The van der Waals surface area contributed by atoms with Crippen molar-refractivity contribution in [1.82, 2.24) is 0 Å². The lowest BCUT2D eigenvalue weighted by atomic mass is 9.77. The standard InChI is InChI=1S/C22H28O/c1-13(2)16-9-7-11-18-20(15(5)6)19-12-8-10-17(14(3)4)22(19)23-21(16)18/h7-15,20H,1-6H3. The van der Waals surface area contributed by atoms with Crippen LogP contribution < -0.4 is 4.74 Å². The highest BCUT2D eigenvalue weighted by molar-refractivity contribution is 5.60. The molecule has 0 spiro atoms. The minimum absolute atomic E-state index is 0.408. The van der Waals surface area contributed by atoms with Crippen LogP contribution in [0.25, 0.3) is 0 Å². The molecule has 3 rings (SSSR count). The van der Waals surface area contributed by atoms with Gasteiger partial charge in [0.05, 0.1) is 0 Å². The number of ether oxygens (including phenoxy) is 1. The maximum absolute atomic E-state index is 6.54. The van der Waals surface area contributed by atoms with E-state index in [1.54, 1.807) is 0 Å². The molecule has 0 aromatic heterocycles. The fourth-order valence-corrected chi connectivity index (χ4v) is 3.77. The molecule has 1 nitrogen and oxygen atoms in total. The molecule has 1 heterocycles. The van der Waals surface area contributed by atoms with E-state index in [-0.39, 0.29) is 0 Å². The Labute approximate surface area is 140 Å². The van der Waals surface area contributed by atoms with Crippen molar-refractivity contribution in [2.75, 3.05) is 0 Å². The summed E-state index contributed by atoms with van der Waals surface area (Å²) in [5, 5.41) is 0. The molecule has 1 aliphatic rings. The lowest BCUT2D eigenvalue weighted by molar-refractivity contribution is 0.407. The van der Waals surface area contributed by atoms with Crippen LogP contribution >= 0.6 is 0 Å². The molecule has 0 radical (unpaired) electrons. The normalized spacial score (nSPS) is 14.1. The molecule has 23 heavy (non-hydrogen) atoms. The minimum atomic E-state index is 0.408. The highest BCUT2D eigenvalue weighted by atomic mass is 16.5. The third kappa shape index (κ3) is 2.67. The summed E-state index contributed by atoms with van der Waals surface area (Å²) in [7, 11) is 0. The van der Waals surface area contributed by atoms with Gasteiger partial charge in [0.1, 0.15) is 11.5 Å². The summed E-state index contributed by atoms with van der Waals surface area (Å²) >= 11 is 0. The molecule has 0 atom stereocenters. The van der Waals surface area contributed by atoms with Crippen LogP contribution in [0.2, 0.25) is 0 Å². The van der Waals surface area contributed by atoms with Crippen molar-refractivity contribution in [3.8, 4) is 11.5 Å². The van der Waals surface area contributed by atoms with Crippen LogP contribution in [0.4, 0.5) is 0 Å². The predicted molar refractivity (Wildman–Crippen MR) is 97.8 cm³/mol. The third-order valence-electron chi connectivity index (χ3n) is 4.94. The molecule has 0 aliphatic carbocycles. The van der Waals surface area contributed by atoms with Crippen molar-refractivity contribution in [3.63, 3.8) is 0 Å². The molecule has 0 unspecified atom stereocenters. The number of para-hydroxylation sites is 2. The van der Waals surface area contributed by atoms with Crippen LogP contribution in [0.3, 0.4) is 0 Å². The Morgan fingerprint density at radius 1 is 0.696 bits per heavy atom. The molecule has 2 aromatic carbocycles. The van der Waals surface area contributed by atoms with E-state index in [1.165, 1.54) is 22.3 Å². The summed E-state index contributed by atoms with van der Waals surface area (Å²) in [6, 6.07) is 13.3. The first kappa shape index (κ1) is 16.1. The topological polar surface area (TPSA) is 9.23 Å². The van der Waals surface area contributed by atoms with Crippen molar-refractivity contribution in [2.24, 2.45) is 5.92 Å². The van der Waals surface area contributed by atoms with E-state index in [1.807, 2.05) is 0 Å². The van der Waals surface area contributed by atoms with Gasteiger partial charge in [0.25, 0.3) is 0 Å². The van der Waals surface area contributed by atoms with E-state index in [0.29, 0.717) is 23.7 Å². The van der Waals surface area contributed by atoms with Crippen LogP contribution in [0.15, 0.2) is 36.4 Å². The van der Waals surface area contributed by atoms with Gasteiger partial charge in [-0.2, -0.15) is 0 Å². The average Bonchev–Trinajstić information content (AvgIpc) is 2.50. The Kier molecular flexibility index (Phi) is 4.23. The predicted octanol–water partition coefficient (Wildman–Crippen LogP) is 6.83. The number of hydrogen-bond acceptors (Lipinski definition) is 1. The zero-order chi connectivity index (χ0) is 16.7. The summed E-state index contributed by atoms with van der Waals surface area (Å²) in [4.78, 5) is 0. The fraction of sp³-hybridized carbons (Fsp3) is 0.455. The second kappa shape index (κ2) is 6.03. The molecular formula is C22H28O. The Bertz CT molecular complexity index is 652.